The number of amides is 2. The molecule has 24 heavy (non-hydrogen) atoms. The first-order chi connectivity index (χ1) is 11.3. The molecule has 2 rings (SSSR count). The number of carbonyl (C=O) groups is 2. The number of carbonyl (C=O) groups excluding carboxylic acids is 2. The van der Waals surface area contributed by atoms with Gasteiger partial charge in [-0.15, -0.1) is 0 Å². The van der Waals surface area contributed by atoms with Crippen LogP contribution in [0.1, 0.15) is 18.0 Å². The maximum absolute atomic E-state index is 13.1. The number of aliphatic hydroxyl groups excluding tert-OH is 1. The van der Waals surface area contributed by atoms with E-state index in [0.29, 0.717) is 6.54 Å². The van der Waals surface area contributed by atoms with Gasteiger partial charge in [0.05, 0.1) is 18.1 Å². The number of aliphatic hydroxyl groups is 1. The first kappa shape index (κ1) is 18.4. The quantitative estimate of drug-likeness (QED) is 0.787. The minimum absolute atomic E-state index is 0.105. The average molecular weight is 337 g/mol. The topological polar surface area (TPSA) is 72.9 Å². The lowest BCUT2D eigenvalue weighted by molar-refractivity contribution is -0.128. The van der Waals surface area contributed by atoms with Crippen molar-refractivity contribution in [3.05, 3.63) is 35.6 Å². The van der Waals surface area contributed by atoms with Crippen LogP contribution >= 0.6 is 0 Å². The van der Waals surface area contributed by atoms with Gasteiger partial charge in [-0.1, -0.05) is 12.1 Å². The zero-order valence-corrected chi connectivity index (χ0v) is 14.2. The molecule has 132 valence electrons. The summed E-state index contributed by atoms with van der Waals surface area (Å²) < 4.78 is 13.1. The molecule has 6 nitrogen and oxygen atoms in total. The van der Waals surface area contributed by atoms with E-state index < -0.39 is 18.1 Å². The van der Waals surface area contributed by atoms with Gasteiger partial charge in [-0.3, -0.25) is 9.59 Å². The fourth-order valence-electron chi connectivity index (χ4n) is 3.06. The fourth-order valence-corrected chi connectivity index (χ4v) is 3.06. The Balaban J connectivity index is 2.07. The molecule has 3 unspecified atom stereocenters. The molecule has 1 aliphatic rings. The molecule has 7 heteroatoms. The van der Waals surface area contributed by atoms with Gasteiger partial charge in [0.15, 0.2) is 0 Å². The number of rotatable bonds is 6. The second-order valence-electron chi connectivity index (χ2n) is 6.47. The molecule has 0 radical (unpaired) electrons. The number of hydrogen-bond donors (Lipinski definition) is 2. The summed E-state index contributed by atoms with van der Waals surface area (Å²) in [5, 5.41) is 12.6. The number of likely N-dealkylation sites (N-methyl/N-ethyl adjacent to an activating group) is 1. The maximum atomic E-state index is 13.1. The minimum Gasteiger partial charge on any atom is -0.390 e. The van der Waals surface area contributed by atoms with Gasteiger partial charge < -0.3 is 20.2 Å². The number of likely N-dealkylation sites (tertiary alicyclic amines) is 1. The predicted octanol–water partition coefficient (Wildman–Crippen LogP) is 0.384. The summed E-state index contributed by atoms with van der Waals surface area (Å²) in [6.45, 7) is 0.562. The lowest BCUT2D eigenvalue weighted by Gasteiger charge is -2.25. The van der Waals surface area contributed by atoms with Crippen LogP contribution in [-0.4, -0.2) is 67.1 Å². The van der Waals surface area contributed by atoms with Gasteiger partial charge in [0, 0.05) is 26.6 Å². The highest BCUT2D eigenvalue weighted by molar-refractivity contribution is 5.90. The van der Waals surface area contributed by atoms with Gasteiger partial charge in [-0.25, -0.2) is 4.39 Å². The van der Waals surface area contributed by atoms with Crippen LogP contribution in [-0.2, 0) is 9.59 Å². The number of nitrogens with zero attached hydrogens (tertiary/aromatic N) is 2. The average Bonchev–Trinajstić information content (AvgIpc) is 2.81. The summed E-state index contributed by atoms with van der Waals surface area (Å²) in [5.41, 5.74) is 0.721. The molecular formula is C17H24FN3O3. The Kier molecular flexibility index (Phi) is 5.90. The Morgan fingerprint density at radius 3 is 2.62 bits per heavy atom. The number of halogens is 1. The normalized spacial score (nSPS) is 22.1. The summed E-state index contributed by atoms with van der Waals surface area (Å²) in [6.07, 6.45) is -0.572. The van der Waals surface area contributed by atoms with Gasteiger partial charge in [0.2, 0.25) is 11.8 Å². The van der Waals surface area contributed by atoms with Crippen molar-refractivity contribution in [2.75, 3.05) is 34.2 Å². The largest absolute Gasteiger partial charge is 0.390 e. The summed E-state index contributed by atoms with van der Waals surface area (Å²) in [4.78, 5) is 27.9. The van der Waals surface area contributed by atoms with E-state index in [1.54, 1.807) is 19.2 Å². The molecule has 0 bridgehead atoms. The Bertz CT molecular complexity index is 591. The van der Waals surface area contributed by atoms with E-state index in [1.165, 1.54) is 17.0 Å². The molecule has 3 atom stereocenters. The van der Waals surface area contributed by atoms with Crippen molar-refractivity contribution in [3.63, 3.8) is 0 Å². The molecule has 2 N–H and O–H groups in total. The zero-order valence-electron chi connectivity index (χ0n) is 14.2. The lowest BCUT2D eigenvalue weighted by atomic mass is 9.93. The van der Waals surface area contributed by atoms with Crippen LogP contribution in [0.25, 0.3) is 0 Å². The Labute approximate surface area is 141 Å². The lowest BCUT2D eigenvalue weighted by Crippen LogP contribution is -2.41. The molecule has 1 heterocycles. The molecule has 1 aromatic rings. The Hall–Kier alpha value is -1.99. The molecule has 0 aliphatic carbocycles. The van der Waals surface area contributed by atoms with Crippen LogP contribution in [0.15, 0.2) is 24.3 Å². The smallest absolute Gasteiger partial charge is 0.226 e. The highest BCUT2D eigenvalue weighted by Crippen LogP contribution is 2.37. The summed E-state index contributed by atoms with van der Waals surface area (Å²) in [6, 6.07) is 5.40. The van der Waals surface area contributed by atoms with E-state index in [1.807, 2.05) is 19.0 Å². The number of hydrogen-bond acceptors (Lipinski definition) is 4. The Morgan fingerprint density at radius 2 is 2.04 bits per heavy atom. The molecule has 0 aromatic heterocycles. The second kappa shape index (κ2) is 7.72. The van der Waals surface area contributed by atoms with Crippen molar-refractivity contribution in [1.29, 1.82) is 0 Å². The van der Waals surface area contributed by atoms with Crippen LogP contribution in [0.3, 0.4) is 0 Å². The van der Waals surface area contributed by atoms with E-state index in [0.717, 1.165) is 5.56 Å². The summed E-state index contributed by atoms with van der Waals surface area (Å²) in [7, 11) is 5.31. The molecule has 1 fully saturated rings. The summed E-state index contributed by atoms with van der Waals surface area (Å²) >= 11 is 0. The fraction of sp³-hybridized carbons (Fsp3) is 0.529. The third-order valence-corrected chi connectivity index (χ3v) is 4.22. The SMILES string of the molecule is CN(C)CC(O)CNC(=O)C1CC(=O)N(C)C1c1ccc(F)cc1. The second-order valence-corrected chi connectivity index (χ2v) is 6.47. The molecule has 1 aliphatic heterocycles. The molecule has 0 saturated carbocycles. The van der Waals surface area contributed by atoms with E-state index in [9.17, 15) is 19.1 Å². The molecular weight excluding hydrogens is 313 g/mol. The van der Waals surface area contributed by atoms with Crippen molar-refractivity contribution in [2.24, 2.45) is 5.92 Å². The van der Waals surface area contributed by atoms with Crippen molar-refractivity contribution >= 4 is 11.8 Å². The molecule has 1 aromatic carbocycles. The minimum atomic E-state index is -0.678. The monoisotopic (exact) mass is 337 g/mol. The molecule has 2 amide bonds. The van der Waals surface area contributed by atoms with Gasteiger partial charge in [0.1, 0.15) is 5.82 Å². The van der Waals surface area contributed by atoms with Crippen LogP contribution in [0.5, 0.6) is 0 Å². The molecule has 1 saturated heterocycles. The maximum Gasteiger partial charge on any atom is 0.226 e. The highest BCUT2D eigenvalue weighted by atomic mass is 19.1. The van der Waals surface area contributed by atoms with Crippen LogP contribution in [0.4, 0.5) is 4.39 Å². The number of nitrogens with one attached hydrogen (secondary N) is 1. The first-order valence-corrected chi connectivity index (χ1v) is 7.91. The Morgan fingerprint density at radius 1 is 1.42 bits per heavy atom. The van der Waals surface area contributed by atoms with Gasteiger partial charge in [0.25, 0.3) is 0 Å². The van der Waals surface area contributed by atoms with Crippen LogP contribution in [0, 0.1) is 11.7 Å². The zero-order chi connectivity index (χ0) is 17.9. The van der Waals surface area contributed by atoms with Crippen molar-refractivity contribution in [3.8, 4) is 0 Å². The van der Waals surface area contributed by atoms with E-state index in [-0.39, 0.29) is 30.6 Å². The van der Waals surface area contributed by atoms with Crippen molar-refractivity contribution < 1.29 is 19.1 Å². The van der Waals surface area contributed by atoms with Gasteiger partial charge in [-0.2, -0.15) is 0 Å². The van der Waals surface area contributed by atoms with Gasteiger partial charge >= 0.3 is 0 Å². The van der Waals surface area contributed by atoms with Gasteiger partial charge in [-0.05, 0) is 31.8 Å². The van der Waals surface area contributed by atoms with E-state index in [2.05, 4.69) is 5.32 Å². The standard InChI is InChI=1S/C17H24FN3O3/c1-20(2)10-13(22)9-19-17(24)14-8-15(23)21(3)16(14)11-4-6-12(18)7-5-11/h4-7,13-14,16,22H,8-10H2,1-3H3,(H,19,24). The highest BCUT2D eigenvalue weighted by Gasteiger charge is 2.42. The van der Waals surface area contributed by atoms with E-state index in [4.69, 9.17) is 0 Å². The third kappa shape index (κ3) is 4.30. The summed E-state index contributed by atoms with van der Waals surface area (Å²) in [5.74, 6) is -1.32. The van der Waals surface area contributed by atoms with Crippen LogP contribution in [0.2, 0.25) is 0 Å². The van der Waals surface area contributed by atoms with Crippen LogP contribution < -0.4 is 5.32 Å². The first-order valence-electron chi connectivity index (χ1n) is 7.91. The predicted molar refractivity (Wildman–Crippen MR) is 87.6 cm³/mol. The van der Waals surface area contributed by atoms with Crippen molar-refractivity contribution in [1.82, 2.24) is 15.1 Å². The third-order valence-electron chi connectivity index (χ3n) is 4.22. The van der Waals surface area contributed by atoms with E-state index >= 15 is 0 Å². The van der Waals surface area contributed by atoms with Crippen molar-refractivity contribution in [2.45, 2.75) is 18.6 Å². The molecule has 0 spiro atoms. The number of benzene rings is 1.